The minimum atomic E-state index is -0.544. The fourth-order valence-electron chi connectivity index (χ4n) is 1.75. The minimum absolute atomic E-state index is 0.208. The van der Waals surface area contributed by atoms with Crippen molar-refractivity contribution in [2.45, 2.75) is 0 Å². The molecule has 1 heterocycles. The van der Waals surface area contributed by atoms with Gasteiger partial charge in [-0.15, -0.1) is 0 Å². The van der Waals surface area contributed by atoms with Gasteiger partial charge in [-0.25, -0.2) is 0 Å². The third kappa shape index (κ3) is 2.38. The number of hydrogen-bond acceptors (Lipinski definition) is 3. The van der Waals surface area contributed by atoms with Crippen LogP contribution in [0.4, 0.5) is 0 Å². The molecule has 96 valence electrons. The first kappa shape index (κ1) is 12.0. The molecule has 0 radical (unpaired) electrons. The van der Waals surface area contributed by atoms with Crippen LogP contribution in [0.15, 0.2) is 65.2 Å². The molecule has 0 amide bonds. The van der Waals surface area contributed by atoms with E-state index in [1.807, 2.05) is 60.7 Å². The summed E-state index contributed by atoms with van der Waals surface area (Å²) in [6, 6.07) is 18.7. The van der Waals surface area contributed by atoms with Gasteiger partial charge in [-0.2, -0.15) is 0 Å². The van der Waals surface area contributed by atoms with E-state index < -0.39 is 5.95 Å². The lowest BCUT2D eigenvalue weighted by atomic mass is 10.2. The number of rotatable bonds is 1. The van der Waals surface area contributed by atoms with E-state index in [1.165, 1.54) is 4.68 Å². The summed E-state index contributed by atoms with van der Waals surface area (Å²) in [6.07, 6.45) is 0. The van der Waals surface area contributed by atoms with E-state index in [1.54, 1.807) is 0 Å². The topological polar surface area (TPSA) is 53.0 Å². The van der Waals surface area contributed by atoms with Gasteiger partial charge in [0, 0.05) is 23.6 Å². The summed E-state index contributed by atoms with van der Waals surface area (Å²) in [5.74, 6) is 5.20. The summed E-state index contributed by atoms with van der Waals surface area (Å²) < 4.78 is 6.09. The van der Waals surface area contributed by atoms with E-state index in [-0.39, 0.29) is 5.69 Å². The van der Waals surface area contributed by atoms with Gasteiger partial charge in [0.1, 0.15) is 0 Å². The van der Waals surface area contributed by atoms with Gasteiger partial charge in [0.2, 0.25) is 5.69 Å². The molecule has 0 fully saturated rings. The molecule has 0 N–H and O–H groups in total. The molecule has 20 heavy (non-hydrogen) atoms. The highest BCUT2D eigenvalue weighted by Crippen LogP contribution is 2.09. The monoisotopic (exact) mass is 262 g/mol. The molecule has 4 nitrogen and oxygen atoms in total. The average molecular weight is 262 g/mol. The van der Waals surface area contributed by atoms with E-state index >= 15 is 0 Å². The van der Waals surface area contributed by atoms with Crippen molar-refractivity contribution in [1.29, 1.82) is 0 Å². The smallest absolute Gasteiger partial charge is 0.314 e. The minimum Gasteiger partial charge on any atom is -0.538 e. The first-order valence-electron chi connectivity index (χ1n) is 6.06. The molecule has 0 aliphatic rings. The van der Waals surface area contributed by atoms with Gasteiger partial charge in [-0.05, 0) is 16.8 Å². The zero-order valence-corrected chi connectivity index (χ0v) is 10.5. The third-order valence-corrected chi connectivity index (χ3v) is 2.71. The molecule has 2 aromatic carbocycles. The molecular weight excluding hydrogens is 252 g/mol. The first-order valence-corrected chi connectivity index (χ1v) is 6.06. The first-order chi connectivity index (χ1) is 9.84. The van der Waals surface area contributed by atoms with Gasteiger partial charge < -0.3 is 9.63 Å². The van der Waals surface area contributed by atoms with Gasteiger partial charge in [0.05, 0.1) is 5.27 Å². The number of nitrogens with zero attached hydrogens (tertiary/aromatic N) is 2. The van der Waals surface area contributed by atoms with Gasteiger partial charge in [0.15, 0.2) is 5.95 Å². The highest BCUT2D eigenvalue weighted by atomic mass is 16.6. The molecular formula is C16H10N2O2. The lowest BCUT2D eigenvalue weighted by Gasteiger charge is -1.90. The normalized spacial score (nSPS) is 9.80. The van der Waals surface area contributed by atoms with Crippen molar-refractivity contribution in [1.82, 2.24) is 5.27 Å². The largest absolute Gasteiger partial charge is 0.538 e. The third-order valence-electron chi connectivity index (χ3n) is 2.71. The quantitative estimate of drug-likeness (QED) is 0.492. The molecule has 0 spiro atoms. The van der Waals surface area contributed by atoms with Crippen LogP contribution in [0.3, 0.4) is 0 Å². The fourth-order valence-corrected chi connectivity index (χ4v) is 1.75. The second kappa shape index (κ2) is 5.29. The Balaban J connectivity index is 2.03. The van der Waals surface area contributed by atoms with Crippen LogP contribution in [-0.4, -0.2) is 5.27 Å². The SMILES string of the molecule is [O-]c1on[n+](-c2ccccc2)c1C#Cc1ccccc1. The van der Waals surface area contributed by atoms with Crippen LogP contribution in [-0.2, 0) is 0 Å². The van der Waals surface area contributed by atoms with Gasteiger partial charge >= 0.3 is 5.69 Å². The number of para-hydroxylation sites is 1. The fraction of sp³-hybridized carbons (Fsp3) is 0. The second-order valence-electron chi connectivity index (χ2n) is 4.07. The van der Waals surface area contributed by atoms with Crippen molar-refractivity contribution >= 4 is 0 Å². The predicted octanol–water partition coefficient (Wildman–Crippen LogP) is 1.42. The summed E-state index contributed by atoms with van der Waals surface area (Å²) in [5.41, 5.74) is 1.77. The summed E-state index contributed by atoms with van der Waals surface area (Å²) in [7, 11) is 0. The molecule has 0 unspecified atom stereocenters. The van der Waals surface area contributed by atoms with Crippen LogP contribution in [0.25, 0.3) is 5.69 Å². The van der Waals surface area contributed by atoms with Gasteiger partial charge in [-0.1, -0.05) is 42.3 Å². The summed E-state index contributed by atoms with van der Waals surface area (Å²) in [4.78, 5) is 0. The summed E-state index contributed by atoms with van der Waals surface area (Å²) in [5, 5.41) is 15.4. The van der Waals surface area contributed by atoms with Crippen LogP contribution in [0.5, 0.6) is 5.95 Å². The van der Waals surface area contributed by atoms with Gasteiger partial charge in [-0.3, -0.25) is 0 Å². The van der Waals surface area contributed by atoms with Crippen LogP contribution in [0, 0.1) is 11.8 Å². The Morgan fingerprint density at radius 1 is 0.900 bits per heavy atom. The Morgan fingerprint density at radius 2 is 1.55 bits per heavy atom. The van der Waals surface area contributed by atoms with E-state index in [9.17, 15) is 5.11 Å². The standard InChI is InChI=1S/C16H10N2O2/c19-16-15(12-11-13-7-3-1-4-8-13)18(17-20-16)14-9-5-2-6-10-14/h1-10H. The van der Waals surface area contributed by atoms with Crippen LogP contribution in [0.1, 0.15) is 11.3 Å². The molecule has 0 atom stereocenters. The van der Waals surface area contributed by atoms with Crippen molar-refractivity contribution in [2.75, 3.05) is 0 Å². The molecule has 1 aromatic heterocycles. The highest BCUT2D eigenvalue weighted by molar-refractivity contribution is 5.40. The Kier molecular flexibility index (Phi) is 3.17. The summed E-state index contributed by atoms with van der Waals surface area (Å²) in [6.45, 7) is 0. The molecule has 3 rings (SSSR count). The second-order valence-corrected chi connectivity index (χ2v) is 4.07. The molecule has 0 saturated heterocycles. The van der Waals surface area contributed by atoms with E-state index in [0.29, 0.717) is 0 Å². The van der Waals surface area contributed by atoms with Crippen molar-refractivity contribution < 1.29 is 14.3 Å². The van der Waals surface area contributed by atoms with Crippen LogP contribution >= 0.6 is 0 Å². The Morgan fingerprint density at radius 3 is 2.25 bits per heavy atom. The molecule has 0 bridgehead atoms. The lowest BCUT2D eigenvalue weighted by Crippen LogP contribution is -2.35. The average Bonchev–Trinajstić information content (AvgIpc) is 2.88. The molecule has 3 aromatic rings. The predicted molar refractivity (Wildman–Crippen MR) is 69.9 cm³/mol. The molecule has 0 saturated carbocycles. The number of aromatic nitrogens is 2. The number of benzene rings is 2. The maximum atomic E-state index is 11.7. The van der Waals surface area contributed by atoms with Crippen molar-refractivity contribution in [3.8, 4) is 23.5 Å². The van der Waals surface area contributed by atoms with Gasteiger partial charge in [0.25, 0.3) is 0 Å². The zero-order valence-electron chi connectivity index (χ0n) is 10.5. The van der Waals surface area contributed by atoms with E-state index in [2.05, 4.69) is 17.1 Å². The Hall–Kier alpha value is -3.06. The maximum Gasteiger partial charge on any atom is 0.314 e. The number of hydrogen-bond donors (Lipinski definition) is 0. The maximum absolute atomic E-state index is 11.7. The Bertz CT molecular complexity index is 768. The van der Waals surface area contributed by atoms with Crippen LogP contribution < -0.4 is 9.79 Å². The lowest BCUT2D eigenvalue weighted by molar-refractivity contribution is -0.672. The van der Waals surface area contributed by atoms with E-state index in [4.69, 9.17) is 4.52 Å². The van der Waals surface area contributed by atoms with E-state index in [0.717, 1.165) is 11.3 Å². The highest BCUT2D eigenvalue weighted by Gasteiger charge is 2.17. The molecule has 0 aliphatic heterocycles. The molecule has 0 aliphatic carbocycles. The Labute approximate surface area is 115 Å². The molecule has 4 heteroatoms. The summed E-state index contributed by atoms with van der Waals surface area (Å²) >= 11 is 0. The van der Waals surface area contributed by atoms with Crippen LogP contribution in [0.2, 0.25) is 0 Å². The zero-order chi connectivity index (χ0) is 13.8. The van der Waals surface area contributed by atoms with Crippen molar-refractivity contribution in [2.24, 2.45) is 0 Å². The van der Waals surface area contributed by atoms with Crippen molar-refractivity contribution in [3.05, 3.63) is 71.9 Å². The van der Waals surface area contributed by atoms with Crippen molar-refractivity contribution in [3.63, 3.8) is 0 Å².